The van der Waals surface area contributed by atoms with Crippen LogP contribution in [-0.4, -0.2) is 35.1 Å². The largest absolute Gasteiger partial charge is 0.455 e. The summed E-state index contributed by atoms with van der Waals surface area (Å²) in [5, 5.41) is 0.982. The zero-order chi connectivity index (χ0) is 16.7. The van der Waals surface area contributed by atoms with Gasteiger partial charge in [-0.2, -0.15) is 0 Å². The molecule has 0 spiro atoms. The van der Waals surface area contributed by atoms with E-state index in [1.54, 1.807) is 23.6 Å². The standard InChI is InChI=1S/C17H14BrN3O2S/c1-10-3-2-4-14-15(10)20-17(24-14)21-8-13(9-21)23-16(22)11-5-12(18)7-19-6-11/h2-7,13H,8-9H2,1H3. The van der Waals surface area contributed by atoms with Crippen molar-refractivity contribution in [2.45, 2.75) is 13.0 Å². The van der Waals surface area contributed by atoms with Gasteiger partial charge in [-0.05, 0) is 40.5 Å². The van der Waals surface area contributed by atoms with Crippen LogP contribution in [0.25, 0.3) is 10.2 Å². The van der Waals surface area contributed by atoms with Crippen molar-refractivity contribution in [3.63, 3.8) is 0 Å². The summed E-state index contributed by atoms with van der Waals surface area (Å²) < 4.78 is 7.46. The van der Waals surface area contributed by atoms with Gasteiger partial charge in [0.15, 0.2) is 5.13 Å². The van der Waals surface area contributed by atoms with Crippen LogP contribution in [0.5, 0.6) is 0 Å². The number of carbonyl (C=O) groups is 1. The molecule has 1 aliphatic heterocycles. The molecule has 0 N–H and O–H groups in total. The maximum atomic E-state index is 12.1. The molecule has 0 unspecified atom stereocenters. The Hall–Kier alpha value is -1.99. The average Bonchev–Trinajstić information content (AvgIpc) is 2.95. The Bertz CT molecular complexity index is 921. The Balaban J connectivity index is 1.40. The highest BCUT2D eigenvalue weighted by Gasteiger charge is 2.32. The van der Waals surface area contributed by atoms with E-state index in [1.807, 2.05) is 6.07 Å². The van der Waals surface area contributed by atoms with Gasteiger partial charge in [-0.1, -0.05) is 23.5 Å². The number of esters is 1. The number of carbonyl (C=O) groups excluding carboxylic acids is 1. The predicted octanol–water partition coefficient (Wildman–Crippen LogP) is 3.81. The molecule has 5 nitrogen and oxygen atoms in total. The first-order valence-electron chi connectivity index (χ1n) is 7.53. The maximum absolute atomic E-state index is 12.1. The van der Waals surface area contributed by atoms with E-state index in [1.165, 1.54) is 16.5 Å². The molecule has 1 saturated heterocycles. The fourth-order valence-electron chi connectivity index (χ4n) is 2.62. The quantitative estimate of drug-likeness (QED) is 0.622. The Labute approximate surface area is 151 Å². The summed E-state index contributed by atoms with van der Waals surface area (Å²) >= 11 is 4.98. The van der Waals surface area contributed by atoms with Gasteiger partial charge in [-0.15, -0.1) is 0 Å². The number of pyridine rings is 1. The number of hydrogen-bond donors (Lipinski definition) is 0. The third-order valence-electron chi connectivity index (χ3n) is 3.94. The number of anilines is 1. The summed E-state index contributed by atoms with van der Waals surface area (Å²) in [6, 6.07) is 7.91. The zero-order valence-corrected chi connectivity index (χ0v) is 15.3. The van der Waals surface area contributed by atoms with Crippen molar-refractivity contribution in [1.82, 2.24) is 9.97 Å². The molecule has 1 fully saturated rings. The lowest BCUT2D eigenvalue weighted by atomic mass is 10.2. The summed E-state index contributed by atoms with van der Waals surface area (Å²) in [4.78, 5) is 22.9. The van der Waals surface area contributed by atoms with E-state index < -0.39 is 0 Å². The van der Waals surface area contributed by atoms with Gasteiger partial charge < -0.3 is 9.64 Å². The maximum Gasteiger partial charge on any atom is 0.340 e. The number of aryl methyl sites for hydroxylation is 1. The number of aromatic nitrogens is 2. The second kappa shape index (κ2) is 6.14. The predicted molar refractivity (Wildman–Crippen MR) is 97.7 cm³/mol. The summed E-state index contributed by atoms with van der Waals surface area (Å²) in [5.41, 5.74) is 2.69. The molecule has 1 aromatic carbocycles. The van der Waals surface area contributed by atoms with Gasteiger partial charge in [0.1, 0.15) is 6.10 Å². The lowest BCUT2D eigenvalue weighted by Gasteiger charge is -2.38. The highest BCUT2D eigenvalue weighted by Crippen LogP contribution is 2.33. The van der Waals surface area contributed by atoms with Crippen LogP contribution in [0.2, 0.25) is 0 Å². The van der Waals surface area contributed by atoms with E-state index in [4.69, 9.17) is 9.72 Å². The summed E-state index contributed by atoms with van der Waals surface area (Å²) in [6.45, 7) is 3.41. The number of nitrogens with zero attached hydrogens (tertiary/aromatic N) is 3. The second-order valence-electron chi connectivity index (χ2n) is 5.74. The number of hydrogen-bond acceptors (Lipinski definition) is 6. The molecular formula is C17H14BrN3O2S. The molecule has 3 heterocycles. The summed E-state index contributed by atoms with van der Waals surface area (Å²) in [6.07, 6.45) is 3.04. The van der Waals surface area contributed by atoms with Crippen molar-refractivity contribution in [3.05, 3.63) is 52.3 Å². The smallest absolute Gasteiger partial charge is 0.340 e. The van der Waals surface area contributed by atoms with Crippen LogP contribution in [0.1, 0.15) is 15.9 Å². The van der Waals surface area contributed by atoms with E-state index in [0.717, 1.165) is 15.1 Å². The van der Waals surface area contributed by atoms with Gasteiger partial charge in [0.05, 0.1) is 28.9 Å². The van der Waals surface area contributed by atoms with E-state index in [0.29, 0.717) is 18.7 Å². The van der Waals surface area contributed by atoms with E-state index in [9.17, 15) is 4.79 Å². The van der Waals surface area contributed by atoms with E-state index >= 15 is 0 Å². The SMILES string of the molecule is Cc1cccc2sc(N3CC(OC(=O)c4cncc(Br)c4)C3)nc12. The zero-order valence-electron chi connectivity index (χ0n) is 12.9. The van der Waals surface area contributed by atoms with Gasteiger partial charge in [0.25, 0.3) is 0 Å². The number of fused-ring (bicyclic) bond motifs is 1. The van der Waals surface area contributed by atoms with Gasteiger partial charge in [-0.3, -0.25) is 4.98 Å². The first-order valence-corrected chi connectivity index (χ1v) is 9.14. The molecule has 0 atom stereocenters. The highest BCUT2D eigenvalue weighted by atomic mass is 79.9. The van der Waals surface area contributed by atoms with Crippen LogP contribution < -0.4 is 4.90 Å². The third kappa shape index (κ3) is 2.89. The Kier molecular flexibility index (Phi) is 3.97. The lowest BCUT2D eigenvalue weighted by Crippen LogP contribution is -2.53. The van der Waals surface area contributed by atoms with Crippen LogP contribution in [0.3, 0.4) is 0 Å². The van der Waals surface area contributed by atoms with Crippen LogP contribution in [0, 0.1) is 6.92 Å². The highest BCUT2D eigenvalue weighted by molar-refractivity contribution is 9.10. The van der Waals surface area contributed by atoms with Crippen molar-refractivity contribution in [1.29, 1.82) is 0 Å². The number of rotatable bonds is 3. The van der Waals surface area contributed by atoms with Crippen molar-refractivity contribution in [2.75, 3.05) is 18.0 Å². The van der Waals surface area contributed by atoms with Crippen molar-refractivity contribution >= 4 is 48.6 Å². The molecule has 0 aliphatic carbocycles. The minimum Gasteiger partial charge on any atom is -0.455 e. The minimum atomic E-state index is -0.339. The normalized spacial score (nSPS) is 14.7. The molecule has 2 aromatic heterocycles. The van der Waals surface area contributed by atoms with Crippen molar-refractivity contribution in [3.8, 4) is 0 Å². The number of ether oxygens (including phenoxy) is 1. The number of benzene rings is 1. The molecule has 0 bridgehead atoms. The molecule has 0 radical (unpaired) electrons. The Morgan fingerprint density at radius 2 is 2.21 bits per heavy atom. The number of thiazole rings is 1. The second-order valence-corrected chi connectivity index (χ2v) is 7.67. The van der Waals surface area contributed by atoms with Gasteiger partial charge in [0.2, 0.25) is 0 Å². The third-order valence-corrected chi connectivity index (χ3v) is 5.46. The number of para-hydroxylation sites is 1. The summed E-state index contributed by atoms with van der Waals surface area (Å²) in [5.74, 6) is -0.339. The molecule has 0 saturated carbocycles. The Morgan fingerprint density at radius 3 is 2.96 bits per heavy atom. The first-order chi connectivity index (χ1) is 11.6. The average molecular weight is 404 g/mol. The molecule has 24 heavy (non-hydrogen) atoms. The monoisotopic (exact) mass is 403 g/mol. The first kappa shape index (κ1) is 15.5. The molecule has 7 heteroatoms. The van der Waals surface area contributed by atoms with E-state index in [-0.39, 0.29) is 12.1 Å². The molecule has 122 valence electrons. The van der Waals surface area contributed by atoms with Crippen LogP contribution >= 0.6 is 27.3 Å². The van der Waals surface area contributed by atoms with Gasteiger partial charge >= 0.3 is 5.97 Å². The fraction of sp³-hybridized carbons (Fsp3) is 0.235. The topological polar surface area (TPSA) is 55.3 Å². The molecular weight excluding hydrogens is 390 g/mol. The van der Waals surface area contributed by atoms with Crippen LogP contribution in [-0.2, 0) is 4.74 Å². The fourth-order valence-corrected chi connectivity index (χ4v) is 4.05. The van der Waals surface area contributed by atoms with Crippen molar-refractivity contribution < 1.29 is 9.53 Å². The van der Waals surface area contributed by atoms with Gasteiger partial charge in [0, 0.05) is 16.9 Å². The molecule has 1 aliphatic rings. The molecule has 0 amide bonds. The minimum absolute atomic E-state index is 0.107. The molecule has 3 aromatic rings. The van der Waals surface area contributed by atoms with Crippen LogP contribution in [0.15, 0.2) is 41.1 Å². The van der Waals surface area contributed by atoms with Crippen LogP contribution in [0.4, 0.5) is 5.13 Å². The molecule has 4 rings (SSSR count). The van der Waals surface area contributed by atoms with E-state index in [2.05, 4.69) is 44.9 Å². The lowest BCUT2D eigenvalue weighted by molar-refractivity contribution is 0.0234. The Morgan fingerprint density at radius 1 is 1.38 bits per heavy atom. The van der Waals surface area contributed by atoms with Gasteiger partial charge in [-0.25, -0.2) is 9.78 Å². The number of halogens is 1. The van der Waals surface area contributed by atoms with Crippen molar-refractivity contribution in [2.24, 2.45) is 0 Å². The summed E-state index contributed by atoms with van der Waals surface area (Å²) in [7, 11) is 0.